The van der Waals surface area contributed by atoms with Gasteiger partial charge in [-0.3, -0.25) is 4.79 Å². The van der Waals surface area contributed by atoms with Crippen LogP contribution in [-0.4, -0.2) is 30.7 Å². The van der Waals surface area contributed by atoms with E-state index < -0.39 is 0 Å². The number of rotatable bonds is 3. The average molecular weight is 115 g/mol. The zero-order chi connectivity index (χ0) is 6.57. The molecule has 0 fully saturated rings. The van der Waals surface area contributed by atoms with E-state index in [0.29, 0.717) is 12.7 Å². The van der Waals surface area contributed by atoms with Crippen LogP contribution in [0.25, 0.3) is 0 Å². The monoisotopic (exact) mass is 115 g/mol. The number of hydrogen-bond donors (Lipinski definition) is 0. The molecule has 1 unspecified atom stereocenters. The van der Waals surface area contributed by atoms with E-state index >= 15 is 0 Å². The van der Waals surface area contributed by atoms with E-state index in [2.05, 4.69) is 0 Å². The molecule has 1 amide bonds. The van der Waals surface area contributed by atoms with Crippen LogP contribution in [-0.2, 0) is 9.59 Å². The van der Waals surface area contributed by atoms with Crippen LogP contribution in [0.4, 0.5) is 0 Å². The molecule has 0 aliphatic heterocycles. The Morgan fingerprint density at radius 2 is 2.00 bits per heavy atom. The third-order valence-electron chi connectivity index (χ3n) is 1.01. The van der Waals surface area contributed by atoms with Crippen LogP contribution >= 0.6 is 0 Å². The largest absolute Gasteiger partial charge is 0.339 e. The van der Waals surface area contributed by atoms with Crippen molar-refractivity contribution < 1.29 is 9.59 Å². The summed E-state index contributed by atoms with van der Waals surface area (Å²) in [5.74, 6) is 0. The average Bonchev–Trinajstić information content (AvgIpc) is 1.84. The third-order valence-corrected chi connectivity index (χ3v) is 1.01. The lowest BCUT2D eigenvalue weighted by Crippen LogP contribution is -2.28. The lowest BCUT2D eigenvalue weighted by molar-refractivity contribution is -0.123. The first-order valence-electron chi connectivity index (χ1n) is 2.35. The summed E-state index contributed by atoms with van der Waals surface area (Å²) in [4.78, 5) is 21.1. The van der Waals surface area contributed by atoms with Crippen LogP contribution in [0.3, 0.4) is 0 Å². The Labute approximate surface area is 48.3 Å². The molecule has 1 atom stereocenters. The van der Waals surface area contributed by atoms with E-state index in [4.69, 9.17) is 0 Å². The molecule has 0 saturated heterocycles. The summed E-state index contributed by atoms with van der Waals surface area (Å²) >= 11 is 0. The first-order valence-corrected chi connectivity index (χ1v) is 2.35. The van der Waals surface area contributed by atoms with Gasteiger partial charge >= 0.3 is 0 Å². The highest BCUT2D eigenvalue weighted by Crippen LogP contribution is 1.83. The highest BCUT2D eigenvalue weighted by Gasteiger charge is 2.01. The van der Waals surface area contributed by atoms with E-state index in [1.54, 1.807) is 14.0 Å². The Hall–Kier alpha value is -0.860. The SMILES string of the molecule is CC(C=O)N(C)C=O. The molecule has 0 aromatic carbocycles. The quantitative estimate of drug-likeness (QED) is 0.472. The number of carbonyl (C=O) groups is 2. The van der Waals surface area contributed by atoms with Gasteiger partial charge in [0.15, 0.2) is 0 Å². The van der Waals surface area contributed by atoms with Crippen LogP contribution in [0.1, 0.15) is 6.92 Å². The van der Waals surface area contributed by atoms with Gasteiger partial charge in [0, 0.05) is 7.05 Å². The van der Waals surface area contributed by atoms with Crippen molar-refractivity contribution in [1.29, 1.82) is 0 Å². The van der Waals surface area contributed by atoms with Crippen molar-refractivity contribution in [2.24, 2.45) is 0 Å². The molecule has 0 bridgehead atoms. The summed E-state index contributed by atoms with van der Waals surface area (Å²) in [5, 5.41) is 0. The summed E-state index contributed by atoms with van der Waals surface area (Å²) in [5.41, 5.74) is 0. The topological polar surface area (TPSA) is 37.4 Å². The molecule has 0 N–H and O–H groups in total. The molecule has 3 nitrogen and oxygen atoms in total. The zero-order valence-electron chi connectivity index (χ0n) is 5.00. The van der Waals surface area contributed by atoms with Gasteiger partial charge in [0.05, 0.1) is 6.04 Å². The van der Waals surface area contributed by atoms with Gasteiger partial charge in [-0.1, -0.05) is 0 Å². The van der Waals surface area contributed by atoms with Crippen molar-refractivity contribution in [2.75, 3.05) is 7.05 Å². The van der Waals surface area contributed by atoms with Crippen molar-refractivity contribution in [2.45, 2.75) is 13.0 Å². The number of aldehydes is 1. The second-order valence-corrected chi connectivity index (χ2v) is 1.65. The smallest absolute Gasteiger partial charge is 0.210 e. The van der Waals surface area contributed by atoms with Crippen LogP contribution in [0, 0.1) is 0 Å². The van der Waals surface area contributed by atoms with Gasteiger partial charge in [0.1, 0.15) is 6.29 Å². The van der Waals surface area contributed by atoms with Crippen LogP contribution < -0.4 is 0 Å². The molecular weight excluding hydrogens is 106 g/mol. The maximum absolute atomic E-state index is 9.90. The highest BCUT2D eigenvalue weighted by molar-refractivity contribution is 5.62. The van der Waals surface area contributed by atoms with Gasteiger partial charge in [-0.15, -0.1) is 0 Å². The Morgan fingerprint density at radius 1 is 1.50 bits per heavy atom. The molecule has 0 saturated carbocycles. The second-order valence-electron chi connectivity index (χ2n) is 1.65. The van der Waals surface area contributed by atoms with Crippen LogP contribution in [0.15, 0.2) is 0 Å². The van der Waals surface area contributed by atoms with Crippen LogP contribution in [0.2, 0.25) is 0 Å². The van der Waals surface area contributed by atoms with Gasteiger partial charge in [0.25, 0.3) is 0 Å². The fraction of sp³-hybridized carbons (Fsp3) is 0.600. The maximum atomic E-state index is 9.90. The number of likely N-dealkylation sites (N-methyl/N-ethyl adjacent to an activating group) is 1. The summed E-state index contributed by atoms with van der Waals surface area (Å²) in [7, 11) is 1.56. The minimum Gasteiger partial charge on any atom is -0.339 e. The van der Waals surface area contributed by atoms with Crippen molar-refractivity contribution in [3.63, 3.8) is 0 Å². The Bertz CT molecular complexity index is 80.4. The molecule has 8 heavy (non-hydrogen) atoms. The molecule has 46 valence electrons. The van der Waals surface area contributed by atoms with Crippen LogP contribution in [0.5, 0.6) is 0 Å². The highest BCUT2D eigenvalue weighted by atomic mass is 16.1. The van der Waals surface area contributed by atoms with Crippen molar-refractivity contribution in [3.8, 4) is 0 Å². The fourth-order valence-corrected chi connectivity index (χ4v) is 0.192. The van der Waals surface area contributed by atoms with E-state index in [1.165, 1.54) is 4.90 Å². The van der Waals surface area contributed by atoms with Gasteiger partial charge in [-0.2, -0.15) is 0 Å². The van der Waals surface area contributed by atoms with Gasteiger partial charge in [-0.25, -0.2) is 0 Å². The molecule has 0 aromatic heterocycles. The maximum Gasteiger partial charge on any atom is 0.210 e. The van der Waals surface area contributed by atoms with Crippen molar-refractivity contribution in [1.82, 2.24) is 4.90 Å². The molecule has 0 radical (unpaired) electrons. The van der Waals surface area contributed by atoms with Crippen molar-refractivity contribution in [3.05, 3.63) is 0 Å². The van der Waals surface area contributed by atoms with Gasteiger partial charge in [0.2, 0.25) is 6.41 Å². The Morgan fingerprint density at radius 3 is 2.12 bits per heavy atom. The van der Waals surface area contributed by atoms with Gasteiger partial charge < -0.3 is 9.69 Å². The van der Waals surface area contributed by atoms with E-state index in [9.17, 15) is 9.59 Å². The Kier molecular flexibility index (Phi) is 2.84. The predicted octanol–water partition coefficient (Wildman–Crippen LogP) is -0.338. The van der Waals surface area contributed by atoms with Crippen molar-refractivity contribution >= 4 is 12.7 Å². The third kappa shape index (κ3) is 1.73. The zero-order valence-corrected chi connectivity index (χ0v) is 5.00. The number of amides is 1. The molecule has 0 aromatic rings. The van der Waals surface area contributed by atoms with E-state index in [-0.39, 0.29) is 6.04 Å². The van der Waals surface area contributed by atoms with E-state index in [0.717, 1.165) is 0 Å². The summed E-state index contributed by atoms with van der Waals surface area (Å²) in [6.45, 7) is 1.65. The Balaban J connectivity index is 3.60. The lowest BCUT2D eigenvalue weighted by Gasteiger charge is -2.12. The first-order chi connectivity index (χ1) is 3.72. The number of hydrogen-bond acceptors (Lipinski definition) is 2. The predicted molar refractivity (Wildman–Crippen MR) is 29.4 cm³/mol. The molecule has 0 aliphatic rings. The van der Waals surface area contributed by atoms with E-state index in [1.807, 2.05) is 0 Å². The molecular formula is C5H9NO2. The molecule has 3 heteroatoms. The summed E-state index contributed by atoms with van der Waals surface area (Å²) in [6.07, 6.45) is 1.34. The normalized spacial score (nSPS) is 12.2. The molecule has 0 rings (SSSR count). The number of nitrogens with zero attached hydrogens (tertiary/aromatic N) is 1. The summed E-state index contributed by atoms with van der Waals surface area (Å²) in [6, 6.07) is -0.299. The number of carbonyl (C=O) groups excluding carboxylic acids is 2. The molecule has 0 spiro atoms. The summed E-state index contributed by atoms with van der Waals surface area (Å²) < 4.78 is 0. The van der Waals surface area contributed by atoms with Gasteiger partial charge in [-0.05, 0) is 6.92 Å². The lowest BCUT2D eigenvalue weighted by atomic mass is 10.4. The first kappa shape index (κ1) is 7.14. The second kappa shape index (κ2) is 3.18. The standard InChI is InChI=1S/C5H9NO2/c1-5(3-7)6(2)4-8/h3-5H,1-2H3. The fourth-order valence-electron chi connectivity index (χ4n) is 0.192. The minimum atomic E-state index is -0.299. The molecule has 0 aliphatic carbocycles. The minimum absolute atomic E-state index is 0.299. The molecule has 0 heterocycles.